The van der Waals surface area contributed by atoms with Crippen LogP contribution in [0.15, 0.2) is 35.3 Å². The Kier molecular flexibility index (Phi) is 2.47. The summed E-state index contributed by atoms with van der Waals surface area (Å²) in [4.78, 5) is 7.81. The zero-order valence-electron chi connectivity index (χ0n) is 7.09. The maximum atomic E-state index is 9.81. The van der Waals surface area contributed by atoms with Crippen molar-refractivity contribution in [1.82, 2.24) is 9.97 Å². The first-order chi connectivity index (χ1) is 6.79. The summed E-state index contributed by atoms with van der Waals surface area (Å²) >= 11 is 5.71. The van der Waals surface area contributed by atoms with Crippen molar-refractivity contribution < 1.29 is 9.52 Å². The minimum absolute atomic E-state index is 0.170. The quantitative estimate of drug-likeness (QED) is 0.821. The Balaban J connectivity index is 2.34. The fourth-order valence-corrected chi connectivity index (χ4v) is 1.33. The molecular weight excluding hydrogens is 204 g/mol. The van der Waals surface area contributed by atoms with Crippen LogP contribution < -0.4 is 0 Å². The highest BCUT2D eigenvalue weighted by atomic mass is 35.5. The van der Waals surface area contributed by atoms with Gasteiger partial charge in [0.25, 0.3) is 0 Å². The number of hydrogen-bond acceptors (Lipinski definition) is 4. The topological polar surface area (TPSA) is 59.2 Å². The van der Waals surface area contributed by atoms with Gasteiger partial charge in [0, 0.05) is 18.0 Å². The fourth-order valence-electron chi connectivity index (χ4n) is 1.11. The molecular formula is C9H7ClN2O2. The zero-order chi connectivity index (χ0) is 9.97. The number of nitrogens with zero attached hydrogens (tertiary/aromatic N) is 2. The third kappa shape index (κ3) is 1.62. The van der Waals surface area contributed by atoms with Gasteiger partial charge in [-0.25, -0.2) is 0 Å². The summed E-state index contributed by atoms with van der Waals surface area (Å²) in [6, 6.07) is 1.60. The first kappa shape index (κ1) is 9.18. The minimum Gasteiger partial charge on any atom is -0.453 e. The van der Waals surface area contributed by atoms with Crippen LogP contribution in [0.1, 0.15) is 17.4 Å². The molecule has 0 saturated carbocycles. The molecule has 2 aromatic rings. The van der Waals surface area contributed by atoms with Gasteiger partial charge in [-0.2, -0.15) is 0 Å². The van der Waals surface area contributed by atoms with E-state index in [9.17, 15) is 5.11 Å². The van der Waals surface area contributed by atoms with Gasteiger partial charge in [0.05, 0.1) is 18.2 Å². The lowest BCUT2D eigenvalue weighted by Crippen LogP contribution is -2.01. The van der Waals surface area contributed by atoms with E-state index in [0.29, 0.717) is 11.3 Å². The van der Waals surface area contributed by atoms with Gasteiger partial charge < -0.3 is 9.52 Å². The van der Waals surface area contributed by atoms with Crippen molar-refractivity contribution in [3.05, 3.63) is 47.4 Å². The number of aromatic nitrogens is 2. The zero-order valence-corrected chi connectivity index (χ0v) is 7.85. The molecule has 1 atom stereocenters. The summed E-state index contributed by atoms with van der Waals surface area (Å²) in [5, 5.41) is 9.98. The van der Waals surface area contributed by atoms with E-state index in [2.05, 4.69) is 9.97 Å². The van der Waals surface area contributed by atoms with Gasteiger partial charge in [0.15, 0.2) is 5.22 Å². The summed E-state index contributed by atoms with van der Waals surface area (Å²) in [5.41, 5.74) is 0.933. The van der Waals surface area contributed by atoms with E-state index in [0.717, 1.165) is 0 Å². The van der Waals surface area contributed by atoms with Gasteiger partial charge in [-0.15, -0.1) is 0 Å². The Hall–Kier alpha value is -1.39. The molecule has 2 heterocycles. The molecule has 2 rings (SSSR count). The monoisotopic (exact) mass is 210 g/mol. The molecule has 14 heavy (non-hydrogen) atoms. The maximum Gasteiger partial charge on any atom is 0.199 e. The molecule has 0 aromatic carbocycles. The van der Waals surface area contributed by atoms with Gasteiger partial charge >= 0.3 is 0 Å². The molecule has 0 radical (unpaired) electrons. The number of furan rings is 1. The molecule has 0 spiro atoms. The van der Waals surface area contributed by atoms with Crippen molar-refractivity contribution in [3.63, 3.8) is 0 Å². The Labute approximate surface area is 85.2 Å². The van der Waals surface area contributed by atoms with Crippen LogP contribution >= 0.6 is 11.6 Å². The second-order valence-corrected chi connectivity index (χ2v) is 3.03. The number of halogens is 1. The van der Waals surface area contributed by atoms with Crippen molar-refractivity contribution >= 4 is 11.6 Å². The first-order valence-electron chi connectivity index (χ1n) is 3.96. The summed E-state index contributed by atoms with van der Waals surface area (Å²) in [7, 11) is 0. The average Bonchev–Trinajstić information content (AvgIpc) is 2.65. The van der Waals surface area contributed by atoms with Gasteiger partial charge in [-0.3, -0.25) is 9.97 Å². The molecule has 0 fully saturated rings. The lowest BCUT2D eigenvalue weighted by molar-refractivity contribution is 0.214. The molecule has 1 N–H and O–H groups in total. The van der Waals surface area contributed by atoms with Crippen LogP contribution in [-0.4, -0.2) is 15.1 Å². The Morgan fingerprint density at radius 2 is 2.29 bits per heavy atom. The lowest BCUT2D eigenvalue weighted by Gasteiger charge is -2.06. The highest BCUT2D eigenvalue weighted by Crippen LogP contribution is 2.27. The van der Waals surface area contributed by atoms with Crippen molar-refractivity contribution in [3.8, 4) is 0 Å². The smallest absolute Gasteiger partial charge is 0.199 e. The molecule has 0 amide bonds. The molecule has 1 unspecified atom stereocenters. The second kappa shape index (κ2) is 3.77. The largest absolute Gasteiger partial charge is 0.453 e. The summed E-state index contributed by atoms with van der Waals surface area (Å²) in [6.45, 7) is 0. The van der Waals surface area contributed by atoms with Gasteiger partial charge in [0.1, 0.15) is 6.10 Å². The van der Waals surface area contributed by atoms with E-state index in [1.807, 2.05) is 0 Å². The van der Waals surface area contributed by atoms with E-state index in [1.165, 1.54) is 24.9 Å². The van der Waals surface area contributed by atoms with E-state index >= 15 is 0 Å². The SMILES string of the molecule is OC(c1cnccn1)c1ccoc1Cl. The molecule has 4 nitrogen and oxygen atoms in total. The molecule has 0 aliphatic heterocycles. The van der Waals surface area contributed by atoms with Crippen molar-refractivity contribution in [2.45, 2.75) is 6.10 Å². The Bertz CT molecular complexity index is 416. The lowest BCUT2D eigenvalue weighted by atomic mass is 10.1. The van der Waals surface area contributed by atoms with E-state index in [1.54, 1.807) is 6.07 Å². The van der Waals surface area contributed by atoms with Gasteiger partial charge in [0.2, 0.25) is 0 Å². The number of hydrogen-bond donors (Lipinski definition) is 1. The fraction of sp³-hybridized carbons (Fsp3) is 0.111. The van der Waals surface area contributed by atoms with E-state index in [4.69, 9.17) is 16.0 Å². The van der Waals surface area contributed by atoms with Crippen molar-refractivity contribution in [2.75, 3.05) is 0 Å². The van der Waals surface area contributed by atoms with Gasteiger partial charge in [-0.05, 0) is 17.7 Å². The van der Waals surface area contributed by atoms with Crippen LogP contribution in [-0.2, 0) is 0 Å². The summed E-state index contributed by atoms with van der Waals surface area (Å²) in [5.74, 6) is 0. The first-order valence-corrected chi connectivity index (χ1v) is 4.33. The van der Waals surface area contributed by atoms with Crippen molar-refractivity contribution in [2.24, 2.45) is 0 Å². The molecule has 0 aliphatic carbocycles. The summed E-state index contributed by atoms with van der Waals surface area (Å²) < 4.78 is 4.86. The Morgan fingerprint density at radius 1 is 1.43 bits per heavy atom. The predicted octanol–water partition coefficient (Wildman–Crippen LogP) is 1.80. The highest BCUT2D eigenvalue weighted by molar-refractivity contribution is 6.29. The van der Waals surface area contributed by atoms with Gasteiger partial charge in [-0.1, -0.05) is 0 Å². The number of aliphatic hydroxyl groups is 1. The third-order valence-electron chi connectivity index (χ3n) is 1.80. The van der Waals surface area contributed by atoms with Crippen LogP contribution in [0.25, 0.3) is 0 Å². The van der Waals surface area contributed by atoms with Crippen molar-refractivity contribution in [1.29, 1.82) is 0 Å². The van der Waals surface area contributed by atoms with Crippen LogP contribution in [0.4, 0.5) is 0 Å². The minimum atomic E-state index is -0.894. The molecule has 2 aromatic heterocycles. The molecule has 0 bridgehead atoms. The second-order valence-electron chi connectivity index (χ2n) is 2.68. The molecule has 5 heteroatoms. The number of aliphatic hydroxyl groups excluding tert-OH is 1. The highest BCUT2D eigenvalue weighted by Gasteiger charge is 2.17. The normalized spacial score (nSPS) is 12.7. The van der Waals surface area contributed by atoms with Crippen LogP contribution in [0.5, 0.6) is 0 Å². The average molecular weight is 211 g/mol. The molecule has 0 saturated heterocycles. The molecule has 0 aliphatic rings. The molecule has 72 valence electrons. The Morgan fingerprint density at radius 3 is 2.86 bits per heavy atom. The van der Waals surface area contributed by atoms with Crippen LogP contribution in [0.3, 0.4) is 0 Å². The van der Waals surface area contributed by atoms with Crippen LogP contribution in [0.2, 0.25) is 5.22 Å². The van der Waals surface area contributed by atoms with E-state index < -0.39 is 6.10 Å². The third-order valence-corrected chi connectivity index (χ3v) is 2.11. The maximum absolute atomic E-state index is 9.81. The standard InChI is InChI=1S/C9H7ClN2O2/c10-9-6(1-4-14-9)8(13)7-5-11-2-3-12-7/h1-5,8,13H. The number of rotatable bonds is 2. The van der Waals surface area contributed by atoms with Crippen LogP contribution in [0, 0.1) is 0 Å². The predicted molar refractivity (Wildman–Crippen MR) is 49.8 cm³/mol. The summed E-state index contributed by atoms with van der Waals surface area (Å²) in [6.07, 6.45) is 5.04. The van der Waals surface area contributed by atoms with E-state index in [-0.39, 0.29) is 5.22 Å².